The quantitative estimate of drug-likeness (QED) is 0.584. The van der Waals surface area contributed by atoms with Crippen molar-refractivity contribution in [2.75, 3.05) is 0 Å². The van der Waals surface area contributed by atoms with E-state index < -0.39 is 6.61 Å². The predicted octanol–water partition coefficient (Wildman–Crippen LogP) is 3.64. The molecule has 0 heterocycles. The average Bonchev–Trinajstić information content (AvgIpc) is 2.29. The second-order valence-corrected chi connectivity index (χ2v) is 3.74. The van der Waals surface area contributed by atoms with Crippen LogP contribution in [-0.4, -0.2) is 6.61 Å². The smallest absolute Gasteiger partial charge is 0.387 e. The third kappa shape index (κ3) is 4.53. The van der Waals surface area contributed by atoms with E-state index in [-0.39, 0.29) is 11.8 Å². The molecular formula is C13H17F2NO. The summed E-state index contributed by atoms with van der Waals surface area (Å²) >= 11 is 0. The second kappa shape index (κ2) is 7.01. The summed E-state index contributed by atoms with van der Waals surface area (Å²) in [5.74, 6) is 0.161. The van der Waals surface area contributed by atoms with Crippen molar-refractivity contribution < 1.29 is 13.5 Å². The van der Waals surface area contributed by atoms with Gasteiger partial charge in [-0.1, -0.05) is 24.3 Å². The van der Waals surface area contributed by atoms with Crippen molar-refractivity contribution in [1.29, 1.82) is 0 Å². The first-order valence-electron chi connectivity index (χ1n) is 5.55. The Morgan fingerprint density at radius 1 is 1.35 bits per heavy atom. The Hall–Kier alpha value is -1.42. The van der Waals surface area contributed by atoms with Crippen molar-refractivity contribution in [2.24, 2.45) is 5.73 Å². The summed E-state index contributed by atoms with van der Waals surface area (Å²) in [5, 5.41) is 0. The van der Waals surface area contributed by atoms with Crippen LogP contribution >= 0.6 is 0 Å². The Bertz CT molecular complexity index is 355. The van der Waals surface area contributed by atoms with Gasteiger partial charge in [0, 0.05) is 11.6 Å². The maximum Gasteiger partial charge on any atom is 0.387 e. The van der Waals surface area contributed by atoms with Crippen LogP contribution in [-0.2, 0) is 0 Å². The maximum absolute atomic E-state index is 12.2. The third-order valence-electron chi connectivity index (χ3n) is 2.46. The van der Waals surface area contributed by atoms with Crippen LogP contribution in [0.5, 0.6) is 5.75 Å². The lowest BCUT2D eigenvalue weighted by Gasteiger charge is -2.16. The molecule has 2 N–H and O–H groups in total. The highest BCUT2D eigenvalue weighted by atomic mass is 19.3. The highest BCUT2D eigenvalue weighted by Gasteiger charge is 2.14. The summed E-state index contributed by atoms with van der Waals surface area (Å²) in [7, 11) is 0. The van der Waals surface area contributed by atoms with E-state index in [0.717, 1.165) is 19.3 Å². The van der Waals surface area contributed by atoms with Crippen LogP contribution < -0.4 is 10.5 Å². The maximum atomic E-state index is 12.2. The highest BCUT2D eigenvalue weighted by molar-refractivity contribution is 5.35. The Morgan fingerprint density at radius 2 is 2.06 bits per heavy atom. The van der Waals surface area contributed by atoms with Crippen LogP contribution in [0.3, 0.4) is 0 Å². The zero-order valence-corrected chi connectivity index (χ0v) is 9.61. The zero-order chi connectivity index (χ0) is 12.7. The molecule has 1 rings (SSSR count). The minimum atomic E-state index is -2.82. The molecule has 2 nitrogen and oxygen atoms in total. The normalized spacial score (nSPS) is 12.5. The molecule has 17 heavy (non-hydrogen) atoms. The van der Waals surface area contributed by atoms with Crippen molar-refractivity contribution in [2.45, 2.75) is 31.9 Å². The molecule has 0 fully saturated rings. The number of hydrogen-bond donors (Lipinski definition) is 1. The monoisotopic (exact) mass is 241 g/mol. The van der Waals surface area contributed by atoms with E-state index >= 15 is 0 Å². The van der Waals surface area contributed by atoms with E-state index in [1.807, 2.05) is 6.08 Å². The van der Waals surface area contributed by atoms with Crippen molar-refractivity contribution in [3.8, 4) is 5.75 Å². The molecule has 94 valence electrons. The predicted molar refractivity (Wildman–Crippen MR) is 64.1 cm³/mol. The average molecular weight is 241 g/mol. The molecule has 0 radical (unpaired) electrons. The SMILES string of the molecule is C=CCCCC(N)c1ccccc1OC(F)F. The van der Waals surface area contributed by atoms with Crippen LogP contribution in [0.1, 0.15) is 30.9 Å². The van der Waals surface area contributed by atoms with E-state index in [2.05, 4.69) is 11.3 Å². The van der Waals surface area contributed by atoms with E-state index in [9.17, 15) is 8.78 Å². The number of rotatable bonds is 7. The van der Waals surface area contributed by atoms with Gasteiger partial charge < -0.3 is 10.5 Å². The summed E-state index contributed by atoms with van der Waals surface area (Å²) in [6.45, 7) is 0.800. The first-order chi connectivity index (χ1) is 8.15. The summed E-state index contributed by atoms with van der Waals surface area (Å²) in [5.41, 5.74) is 6.58. The molecule has 0 aliphatic rings. The molecule has 1 atom stereocenters. The molecule has 0 aromatic heterocycles. The van der Waals surface area contributed by atoms with Gasteiger partial charge in [-0.2, -0.15) is 8.78 Å². The van der Waals surface area contributed by atoms with Gasteiger partial charge in [-0.25, -0.2) is 0 Å². The fourth-order valence-electron chi connectivity index (χ4n) is 1.63. The van der Waals surface area contributed by atoms with Crippen molar-refractivity contribution in [1.82, 2.24) is 0 Å². The Kier molecular flexibility index (Phi) is 5.63. The number of unbranched alkanes of at least 4 members (excludes halogenated alkanes) is 1. The molecule has 0 aliphatic carbocycles. The molecule has 0 aliphatic heterocycles. The number of ether oxygens (including phenoxy) is 1. The van der Waals surface area contributed by atoms with Gasteiger partial charge in [-0.3, -0.25) is 0 Å². The Balaban J connectivity index is 2.70. The molecule has 0 spiro atoms. The lowest BCUT2D eigenvalue weighted by atomic mass is 10.0. The van der Waals surface area contributed by atoms with Gasteiger partial charge in [0.15, 0.2) is 0 Å². The van der Waals surface area contributed by atoms with Gasteiger partial charge in [-0.15, -0.1) is 6.58 Å². The number of alkyl halides is 2. The zero-order valence-electron chi connectivity index (χ0n) is 9.61. The van der Waals surface area contributed by atoms with Crippen molar-refractivity contribution in [3.63, 3.8) is 0 Å². The van der Waals surface area contributed by atoms with E-state index in [1.54, 1.807) is 18.2 Å². The largest absolute Gasteiger partial charge is 0.434 e. The summed E-state index contributed by atoms with van der Waals surface area (Å²) < 4.78 is 28.8. The van der Waals surface area contributed by atoms with Gasteiger partial charge in [0.1, 0.15) is 5.75 Å². The number of hydrogen-bond acceptors (Lipinski definition) is 2. The summed E-state index contributed by atoms with van der Waals surface area (Å²) in [6, 6.07) is 6.36. The minimum absolute atomic E-state index is 0.161. The van der Waals surface area contributed by atoms with Gasteiger partial charge in [0.2, 0.25) is 0 Å². The van der Waals surface area contributed by atoms with E-state index in [0.29, 0.717) is 5.56 Å². The van der Waals surface area contributed by atoms with Gasteiger partial charge in [0.25, 0.3) is 0 Å². The second-order valence-electron chi connectivity index (χ2n) is 3.74. The highest BCUT2D eigenvalue weighted by Crippen LogP contribution is 2.27. The lowest BCUT2D eigenvalue weighted by Crippen LogP contribution is -2.13. The van der Waals surface area contributed by atoms with Crippen LogP contribution in [0.4, 0.5) is 8.78 Å². The fourth-order valence-corrected chi connectivity index (χ4v) is 1.63. The van der Waals surface area contributed by atoms with Crippen LogP contribution in [0.2, 0.25) is 0 Å². The number of para-hydroxylation sites is 1. The molecule has 1 unspecified atom stereocenters. The molecule has 0 amide bonds. The van der Waals surface area contributed by atoms with Crippen LogP contribution in [0.15, 0.2) is 36.9 Å². The van der Waals surface area contributed by atoms with Crippen LogP contribution in [0.25, 0.3) is 0 Å². The van der Waals surface area contributed by atoms with Gasteiger partial charge in [-0.05, 0) is 25.3 Å². The van der Waals surface area contributed by atoms with Gasteiger partial charge >= 0.3 is 6.61 Å². The standard InChI is InChI=1S/C13H17F2NO/c1-2-3-4-8-11(16)10-7-5-6-9-12(10)17-13(14)15/h2,5-7,9,11,13H,1,3-4,8,16H2. The third-order valence-corrected chi connectivity index (χ3v) is 2.46. The Morgan fingerprint density at radius 3 is 2.71 bits per heavy atom. The molecule has 0 saturated carbocycles. The van der Waals surface area contributed by atoms with Crippen LogP contribution in [0, 0.1) is 0 Å². The molecule has 0 saturated heterocycles. The van der Waals surface area contributed by atoms with Crippen molar-refractivity contribution in [3.05, 3.63) is 42.5 Å². The number of halogens is 2. The fraction of sp³-hybridized carbons (Fsp3) is 0.385. The molecule has 4 heteroatoms. The first-order valence-corrected chi connectivity index (χ1v) is 5.55. The lowest BCUT2D eigenvalue weighted by molar-refractivity contribution is -0.0506. The molecule has 1 aromatic carbocycles. The first kappa shape index (κ1) is 13.6. The number of benzene rings is 1. The summed E-state index contributed by atoms with van der Waals surface area (Å²) in [4.78, 5) is 0. The topological polar surface area (TPSA) is 35.2 Å². The number of allylic oxidation sites excluding steroid dienone is 1. The van der Waals surface area contributed by atoms with E-state index in [1.165, 1.54) is 6.07 Å². The molecular weight excluding hydrogens is 224 g/mol. The molecule has 0 bridgehead atoms. The van der Waals surface area contributed by atoms with E-state index in [4.69, 9.17) is 5.73 Å². The minimum Gasteiger partial charge on any atom is -0.434 e. The molecule has 1 aromatic rings. The van der Waals surface area contributed by atoms with Crippen molar-refractivity contribution >= 4 is 0 Å². The summed E-state index contributed by atoms with van der Waals surface area (Å²) in [6.07, 6.45) is 4.28. The number of nitrogens with two attached hydrogens (primary N) is 1. The Labute approximate surface area is 100 Å². The van der Waals surface area contributed by atoms with Gasteiger partial charge in [0.05, 0.1) is 0 Å².